The molecule has 4 rings (SSSR count). The summed E-state index contributed by atoms with van der Waals surface area (Å²) in [5.74, 6) is 1.10. The zero-order chi connectivity index (χ0) is 19.8. The zero-order valence-electron chi connectivity index (χ0n) is 17.6. The second-order valence-electron chi connectivity index (χ2n) is 9.67. The third-order valence-corrected chi connectivity index (χ3v) is 7.16. The molecule has 3 heteroatoms. The van der Waals surface area contributed by atoms with Crippen LogP contribution >= 0.6 is 0 Å². The molecule has 0 aliphatic heterocycles. The lowest BCUT2D eigenvalue weighted by Gasteiger charge is -2.29. The van der Waals surface area contributed by atoms with Gasteiger partial charge in [0.05, 0.1) is 6.10 Å². The van der Waals surface area contributed by atoms with Gasteiger partial charge in [0, 0.05) is 18.9 Å². The molecule has 1 aromatic rings. The fraction of sp³-hybridized carbons (Fsp3) is 0.680. The Morgan fingerprint density at radius 3 is 2.11 bits per heavy atom. The topological polar surface area (TPSA) is 43.4 Å². The van der Waals surface area contributed by atoms with E-state index in [2.05, 4.69) is 19.1 Å². The Hall–Kier alpha value is -1.48. The molecule has 0 spiro atoms. The van der Waals surface area contributed by atoms with Crippen LogP contribution < -0.4 is 0 Å². The van der Waals surface area contributed by atoms with Gasteiger partial charge >= 0.3 is 0 Å². The zero-order valence-corrected chi connectivity index (χ0v) is 17.6. The molecule has 0 bridgehead atoms. The van der Waals surface area contributed by atoms with Crippen molar-refractivity contribution in [1.29, 1.82) is 0 Å². The molecule has 3 aliphatic carbocycles. The Balaban J connectivity index is 1.35. The molecule has 3 nitrogen and oxygen atoms in total. The van der Waals surface area contributed by atoms with E-state index in [0.29, 0.717) is 18.4 Å². The second kappa shape index (κ2) is 8.10. The molecule has 0 aromatic heterocycles. The van der Waals surface area contributed by atoms with Crippen molar-refractivity contribution in [2.45, 2.75) is 84.2 Å². The number of hydrogen-bond donors (Lipinski definition) is 0. The Kier molecular flexibility index (Phi) is 5.73. The van der Waals surface area contributed by atoms with Gasteiger partial charge in [-0.05, 0) is 94.2 Å². The maximum Gasteiger partial charge on any atom is 0.151 e. The average molecular weight is 383 g/mol. The summed E-state index contributed by atoms with van der Waals surface area (Å²) in [6, 6.07) is 4.19. The number of Topliss-reactive ketones (excluding diaryl/α,β-unsaturated/α-hetero) is 2. The predicted molar refractivity (Wildman–Crippen MR) is 111 cm³/mol. The molecule has 2 unspecified atom stereocenters. The molecule has 3 saturated carbocycles. The minimum atomic E-state index is -0.524. The van der Waals surface area contributed by atoms with Gasteiger partial charge in [0.1, 0.15) is 11.7 Å². The van der Waals surface area contributed by atoms with Crippen molar-refractivity contribution in [1.82, 2.24) is 0 Å². The van der Waals surface area contributed by atoms with Gasteiger partial charge in [-0.2, -0.15) is 0 Å². The number of ether oxygens (including phenoxy) is 1. The first-order valence-corrected chi connectivity index (χ1v) is 11.2. The van der Waals surface area contributed by atoms with Crippen molar-refractivity contribution in [3.8, 4) is 0 Å². The standard InChI is InChI=1S/C25H34O3/c1-15-10-16(2)23(17(3)11-15)24-22(26)13-20(25(24)27)12-18-6-8-21(9-7-18)28-14-19-4-5-19/h10-11,18-21,24H,4-9,12-14H2,1-3H3. The van der Waals surface area contributed by atoms with E-state index in [1.807, 2.05) is 13.8 Å². The Morgan fingerprint density at radius 2 is 1.50 bits per heavy atom. The van der Waals surface area contributed by atoms with Crippen LogP contribution in [0.25, 0.3) is 0 Å². The molecule has 3 fully saturated rings. The highest BCUT2D eigenvalue weighted by molar-refractivity contribution is 6.14. The fourth-order valence-electron chi connectivity index (χ4n) is 5.50. The number of rotatable bonds is 6. The van der Waals surface area contributed by atoms with E-state index in [0.717, 1.165) is 61.3 Å². The Bertz CT molecular complexity index is 730. The fourth-order valence-corrected chi connectivity index (χ4v) is 5.50. The maximum atomic E-state index is 13.2. The molecule has 0 saturated heterocycles. The van der Waals surface area contributed by atoms with Crippen LogP contribution in [0.15, 0.2) is 12.1 Å². The van der Waals surface area contributed by atoms with E-state index in [4.69, 9.17) is 4.74 Å². The summed E-state index contributed by atoms with van der Waals surface area (Å²) >= 11 is 0. The first-order valence-electron chi connectivity index (χ1n) is 11.2. The summed E-state index contributed by atoms with van der Waals surface area (Å²) in [6.45, 7) is 7.08. The first kappa shape index (κ1) is 19.8. The normalized spacial score (nSPS) is 30.8. The van der Waals surface area contributed by atoms with Gasteiger partial charge in [-0.25, -0.2) is 0 Å². The van der Waals surface area contributed by atoms with Crippen LogP contribution in [0.1, 0.15) is 79.5 Å². The number of carbonyl (C=O) groups excluding carboxylic acids is 2. The van der Waals surface area contributed by atoms with Crippen molar-refractivity contribution >= 4 is 11.6 Å². The van der Waals surface area contributed by atoms with Crippen molar-refractivity contribution in [2.75, 3.05) is 6.61 Å². The molecular formula is C25H34O3. The molecule has 28 heavy (non-hydrogen) atoms. The highest BCUT2D eigenvalue weighted by Gasteiger charge is 2.44. The van der Waals surface area contributed by atoms with Gasteiger partial charge in [-0.1, -0.05) is 17.7 Å². The minimum Gasteiger partial charge on any atom is -0.378 e. The monoisotopic (exact) mass is 382 g/mol. The van der Waals surface area contributed by atoms with E-state index >= 15 is 0 Å². The molecular weight excluding hydrogens is 348 g/mol. The largest absolute Gasteiger partial charge is 0.378 e. The van der Waals surface area contributed by atoms with Gasteiger partial charge in [-0.15, -0.1) is 0 Å². The third kappa shape index (κ3) is 4.25. The SMILES string of the molecule is Cc1cc(C)c(C2C(=O)CC(CC3CCC(OCC4CC4)CC3)C2=O)c(C)c1. The summed E-state index contributed by atoms with van der Waals surface area (Å²) in [6.07, 6.45) is 8.94. The van der Waals surface area contributed by atoms with E-state index < -0.39 is 5.92 Å². The van der Waals surface area contributed by atoms with Gasteiger partial charge in [0.15, 0.2) is 5.78 Å². The van der Waals surface area contributed by atoms with Crippen LogP contribution in [0, 0.1) is 38.5 Å². The second-order valence-corrected chi connectivity index (χ2v) is 9.67. The van der Waals surface area contributed by atoms with Crippen LogP contribution in [0.3, 0.4) is 0 Å². The summed E-state index contributed by atoms with van der Waals surface area (Å²) in [4.78, 5) is 26.0. The third-order valence-electron chi connectivity index (χ3n) is 7.16. The Morgan fingerprint density at radius 1 is 0.893 bits per heavy atom. The maximum absolute atomic E-state index is 13.2. The minimum absolute atomic E-state index is 0.0773. The van der Waals surface area contributed by atoms with E-state index in [9.17, 15) is 9.59 Å². The lowest BCUT2D eigenvalue weighted by Crippen LogP contribution is -2.25. The van der Waals surface area contributed by atoms with E-state index in [-0.39, 0.29) is 17.5 Å². The van der Waals surface area contributed by atoms with Gasteiger partial charge in [0.25, 0.3) is 0 Å². The lowest BCUT2D eigenvalue weighted by atomic mass is 9.80. The molecule has 0 heterocycles. The Labute approximate surface area is 169 Å². The molecule has 3 aliphatic rings. The summed E-state index contributed by atoms with van der Waals surface area (Å²) < 4.78 is 6.05. The number of aryl methyl sites for hydroxylation is 3. The van der Waals surface area contributed by atoms with Crippen molar-refractivity contribution in [2.24, 2.45) is 17.8 Å². The van der Waals surface area contributed by atoms with Crippen LogP contribution in [0.5, 0.6) is 0 Å². The van der Waals surface area contributed by atoms with Gasteiger partial charge in [-0.3, -0.25) is 9.59 Å². The van der Waals surface area contributed by atoms with Crippen molar-refractivity contribution in [3.63, 3.8) is 0 Å². The van der Waals surface area contributed by atoms with Gasteiger partial charge in [0.2, 0.25) is 0 Å². The number of carbonyl (C=O) groups is 2. The first-order chi connectivity index (χ1) is 13.4. The van der Waals surface area contributed by atoms with E-state index in [1.54, 1.807) is 0 Å². The lowest BCUT2D eigenvalue weighted by molar-refractivity contribution is -0.125. The van der Waals surface area contributed by atoms with Crippen LogP contribution in [0.2, 0.25) is 0 Å². The van der Waals surface area contributed by atoms with Crippen molar-refractivity contribution < 1.29 is 14.3 Å². The quantitative estimate of drug-likeness (QED) is 0.633. The summed E-state index contributed by atoms with van der Waals surface area (Å²) in [5, 5.41) is 0. The number of ketones is 2. The smallest absolute Gasteiger partial charge is 0.151 e. The summed E-state index contributed by atoms with van der Waals surface area (Å²) in [7, 11) is 0. The highest BCUT2D eigenvalue weighted by atomic mass is 16.5. The van der Waals surface area contributed by atoms with Crippen LogP contribution in [0.4, 0.5) is 0 Å². The van der Waals surface area contributed by atoms with E-state index in [1.165, 1.54) is 18.4 Å². The molecule has 152 valence electrons. The molecule has 1 aromatic carbocycles. The number of hydrogen-bond acceptors (Lipinski definition) is 3. The highest BCUT2D eigenvalue weighted by Crippen LogP contribution is 2.41. The van der Waals surface area contributed by atoms with Crippen LogP contribution in [-0.2, 0) is 14.3 Å². The molecule has 0 radical (unpaired) electrons. The summed E-state index contributed by atoms with van der Waals surface area (Å²) in [5.41, 5.74) is 4.32. The molecule has 0 N–H and O–H groups in total. The van der Waals surface area contributed by atoms with Gasteiger partial charge < -0.3 is 4.74 Å². The average Bonchev–Trinajstić information content (AvgIpc) is 3.43. The van der Waals surface area contributed by atoms with Crippen LogP contribution in [-0.4, -0.2) is 24.3 Å². The number of benzene rings is 1. The molecule has 0 amide bonds. The molecule has 2 atom stereocenters. The predicted octanol–water partition coefficient (Wildman–Crippen LogP) is 5.23. The van der Waals surface area contributed by atoms with Crippen molar-refractivity contribution in [3.05, 3.63) is 34.4 Å².